The van der Waals surface area contributed by atoms with Crippen molar-refractivity contribution in [3.05, 3.63) is 54.6 Å². The quantitative estimate of drug-likeness (QED) is 0.588. The fraction of sp³-hybridized carbons (Fsp3) is 0.143. The maximum Gasteiger partial charge on any atom is 0.126 e. The second-order valence-electron chi connectivity index (χ2n) is 3.57. The van der Waals surface area contributed by atoms with Crippen LogP contribution in [0.2, 0.25) is 0 Å². The first-order valence-corrected chi connectivity index (χ1v) is 7.03. The van der Waals surface area contributed by atoms with Crippen molar-refractivity contribution >= 4 is 26.9 Å². The van der Waals surface area contributed by atoms with Crippen molar-refractivity contribution in [3.8, 4) is 5.75 Å². The highest BCUT2D eigenvalue weighted by Crippen LogP contribution is 2.32. The molecule has 0 fully saturated rings. The molecule has 2 aromatic carbocycles. The van der Waals surface area contributed by atoms with Gasteiger partial charge in [-0.05, 0) is 26.0 Å². The van der Waals surface area contributed by atoms with E-state index in [9.17, 15) is 0 Å². The first-order valence-electron chi connectivity index (χ1n) is 5.24. The highest BCUT2D eigenvalue weighted by molar-refractivity contribution is 7.72. The summed E-state index contributed by atoms with van der Waals surface area (Å²) in [5, 5.41) is 2.67. The second-order valence-corrected chi connectivity index (χ2v) is 5.68. The van der Waals surface area contributed by atoms with E-state index in [-0.39, 0.29) is 16.3 Å². The van der Waals surface area contributed by atoms with Crippen molar-refractivity contribution in [1.82, 2.24) is 0 Å². The van der Waals surface area contributed by atoms with Crippen LogP contribution in [-0.2, 0) is 0 Å². The molecular weight excluding hydrogens is 226 g/mol. The molecule has 1 atom stereocenters. The van der Waals surface area contributed by atoms with E-state index >= 15 is 0 Å². The van der Waals surface area contributed by atoms with Gasteiger partial charge in [0.1, 0.15) is 5.75 Å². The minimum absolute atomic E-state index is 0. The van der Waals surface area contributed by atoms with Crippen LogP contribution < -0.4 is 15.3 Å². The number of hydrogen-bond acceptors (Lipinski definition) is 1. The number of ether oxygens (including phenoxy) is 1. The maximum absolute atomic E-state index is 5.40. The summed E-state index contributed by atoms with van der Waals surface area (Å²) in [7, 11) is 1.41. The number of methoxy groups -OCH3 is 1. The molecule has 2 rings (SSSR count). The smallest absolute Gasteiger partial charge is 0.126 e. The molecule has 0 N–H and O–H groups in total. The summed E-state index contributed by atoms with van der Waals surface area (Å²) < 4.78 is 5.40. The van der Waals surface area contributed by atoms with Crippen molar-refractivity contribution in [3.63, 3.8) is 0 Å². The van der Waals surface area contributed by atoms with Gasteiger partial charge in [0.15, 0.2) is 0 Å². The van der Waals surface area contributed by atoms with Gasteiger partial charge in [-0.15, -0.1) is 0 Å². The van der Waals surface area contributed by atoms with Crippen LogP contribution in [0.15, 0.2) is 54.6 Å². The van der Waals surface area contributed by atoms with Crippen molar-refractivity contribution < 1.29 is 4.74 Å². The van der Waals surface area contributed by atoms with Crippen LogP contribution in [-0.4, -0.2) is 22.2 Å². The molecule has 17 heavy (non-hydrogen) atoms. The van der Waals surface area contributed by atoms with E-state index in [1.165, 1.54) is 10.6 Å². The standard InChI is InChI=1S/C14H15OP.BH3/c1-15-13-10-6-7-11-14(13)16(2)12-8-4-3-5-9-12;/h3-11H,1-2H3;1H3. The third-order valence-electron chi connectivity index (χ3n) is 2.59. The van der Waals surface area contributed by atoms with Crippen molar-refractivity contribution in [2.75, 3.05) is 13.8 Å². The third-order valence-corrected chi connectivity index (χ3v) is 4.75. The van der Waals surface area contributed by atoms with Crippen LogP contribution in [0, 0.1) is 0 Å². The van der Waals surface area contributed by atoms with E-state index < -0.39 is 0 Å². The Morgan fingerprint density at radius 2 is 1.47 bits per heavy atom. The van der Waals surface area contributed by atoms with Gasteiger partial charge in [0, 0.05) is 5.30 Å². The van der Waals surface area contributed by atoms with Gasteiger partial charge in [0.05, 0.1) is 15.5 Å². The van der Waals surface area contributed by atoms with Gasteiger partial charge >= 0.3 is 0 Å². The van der Waals surface area contributed by atoms with E-state index in [4.69, 9.17) is 4.74 Å². The van der Waals surface area contributed by atoms with Gasteiger partial charge in [-0.1, -0.05) is 48.5 Å². The molecule has 1 unspecified atom stereocenters. The lowest BCUT2D eigenvalue weighted by atomic mass is 10.3. The minimum Gasteiger partial charge on any atom is -0.496 e. The molecular formula is C14H18BOP. The zero-order chi connectivity index (χ0) is 11.4. The molecule has 0 spiro atoms. The molecule has 0 aliphatic rings. The van der Waals surface area contributed by atoms with Gasteiger partial charge in [-0.3, -0.25) is 0 Å². The third kappa shape index (κ3) is 3.11. The van der Waals surface area contributed by atoms with Gasteiger partial charge in [-0.2, -0.15) is 0 Å². The Labute approximate surface area is 106 Å². The van der Waals surface area contributed by atoms with E-state index in [1.54, 1.807) is 7.11 Å². The molecule has 0 heterocycles. The Bertz CT molecular complexity index is 459. The fourth-order valence-corrected chi connectivity index (χ4v) is 3.40. The van der Waals surface area contributed by atoms with Crippen LogP contribution in [0.1, 0.15) is 0 Å². The molecule has 0 aromatic heterocycles. The lowest BCUT2D eigenvalue weighted by molar-refractivity contribution is 0.418. The van der Waals surface area contributed by atoms with Crippen LogP contribution in [0.3, 0.4) is 0 Å². The molecule has 2 aromatic rings. The highest BCUT2D eigenvalue weighted by atomic mass is 31.1. The molecule has 0 bridgehead atoms. The van der Waals surface area contributed by atoms with Gasteiger partial charge in [0.25, 0.3) is 0 Å². The van der Waals surface area contributed by atoms with Crippen LogP contribution in [0.5, 0.6) is 5.75 Å². The minimum atomic E-state index is -0.322. The molecule has 88 valence electrons. The molecule has 1 nitrogen and oxygen atoms in total. The summed E-state index contributed by atoms with van der Waals surface area (Å²) in [4.78, 5) is 0. The normalized spacial score (nSPS) is 11.4. The highest BCUT2D eigenvalue weighted by Gasteiger charge is 2.11. The Hall–Kier alpha value is -1.27. The van der Waals surface area contributed by atoms with Gasteiger partial charge in [-0.25, -0.2) is 0 Å². The summed E-state index contributed by atoms with van der Waals surface area (Å²) in [6.07, 6.45) is 0. The van der Waals surface area contributed by atoms with E-state index in [2.05, 4.69) is 49.1 Å². The largest absolute Gasteiger partial charge is 0.496 e. The number of benzene rings is 2. The lowest BCUT2D eigenvalue weighted by Crippen LogP contribution is -2.12. The predicted molar refractivity (Wildman–Crippen MR) is 81.5 cm³/mol. The fourth-order valence-electron chi connectivity index (χ4n) is 1.70. The summed E-state index contributed by atoms with van der Waals surface area (Å²) >= 11 is 0. The molecule has 3 heteroatoms. The van der Waals surface area contributed by atoms with Crippen LogP contribution in [0.25, 0.3) is 0 Å². The number of hydrogen-bond donors (Lipinski definition) is 0. The monoisotopic (exact) mass is 244 g/mol. The average Bonchev–Trinajstić information content (AvgIpc) is 2.39. The van der Waals surface area contributed by atoms with E-state index in [0.29, 0.717) is 0 Å². The second kappa shape index (κ2) is 6.47. The zero-order valence-corrected chi connectivity index (χ0v) is 10.4. The topological polar surface area (TPSA) is 9.23 Å². The molecule has 0 radical (unpaired) electrons. The summed E-state index contributed by atoms with van der Waals surface area (Å²) in [5.41, 5.74) is 0. The average molecular weight is 244 g/mol. The predicted octanol–water partition coefficient (Wildman–Crippen LogP) is 1.57. The Morgan fingerprint density at radius 1 is 0.882 bits per heavy atom. The first kappa shape index (κ1) is 13.8. The molecule has 0 amide bonds. The Kier molecular flexibility index (Phi) is 5.25. The first-order chi connectivity index (χ1) is 7.83. The molecule has 0 saturated heterocycles. The summed E-state index contributed by atoms with van der Waals surface area (Å²) in [5.74, 6) is 0.986. The SMILES string of the molecule is B.COc1ccccc1P(C)c1ccccc1. The molecule has 0 saturated carbocycles. The molecule has 0 aliphatic carbocycles. The van der Waals surface area contributed by atoms with Gasteiger partial charge in [0.2, 0.25) is 0 Å². The van der Waals surface area contributed by atoms with Gasteiger partial charge < -0.3 is 4.74 Å². The van der Waals surface area contributed by atoms with E-state index in [0.717, 1.165) is 5.75 Å². The zero-order valence-electron chi connectivity index (χ0n) is 9.55. The van der Waals surface area contributed by atoms with Crippen LogP contribution in [0.4, 0.5) is 0 Å². The summed E-state index contributed by atoms with van der Waals surface area (Å²) in [6, 6.07) is 18.8. The number of rotatable bonds is 3. The maximum atomic E-state index is 5.40. The van der Waals surface area contributed by atoms with Crippen molar-refractivity contribution in [2.24, 2.45) is 0 Å². The lowest BCUT2D eigenvalue weighted by Gasteiger charge is -2.16. The van der Waals surface area contributed by atoms with Crippen molar-refractivity contribution in [1.29, 1.82) is 0 Å². The Morgan fingerprint density at radius 3 is 2.12 bits per heavy atom. The number of para-hydroxylation sites is 1. The molecule has 0 aliphatic heterocycles. The van der Waals surface area contributed by atoms with Crippen molar-refractivity contribution in [2.45, 2.75) is 0 Å². The summed E-state index contributed by atoms with van der Waals surface area (Å²) in [6.45, 7) is 2.27. The Balaban J connectivity index is 0.00000144. The van der Waals surface area contributed by atoms with E-state index in [1.807, 2.05) is 12.1 Å². The van der Waals surface area contributed by atoms with Crippen LogP contribution >= 0.6 is 7.92 Å².